The van der Waals surface area contributed by atoms with Crippen LogP contribution in [-0.4, -0.2) is 21.4 Å². The average Bonchev–Trinajstić information content (AvgIpc) is 3.11. The maximum Gasteiger partial charge on any atom is 0.148 e. The molecule has 1 aromatic carbocycles. The smallest absolute Gasteiger partial charge is 0.148 e. The Morgan fingerprint density at radius 2 is 1.83 bits per heavy atom. The molecule has 0 amide bonds. The average molecular weight is 263 g/mol. The van der Waals surface area contributed by atoms with E-state index < -0.39 is 8.24 Å². The molecule has 1 atom stereocenters. The van der Waals surface area contributed by atoms with Crippen LogP contribution in [0.25, 0.3) is 0 Å². The number of para-hydroxylation sites is 2. The largest absolute Gasteiger partial charge is 0.495 e. The van der Waals surface area contributed by atoms with Gasteiger partial charge in [0.25, 0.3) is 0 Å². The van der Waals surface area contributed by atoms with Gasteiger partial charge in [0.1, 0.15) is 14.0 Å². The Balaban J connectivity index is 2.39. The van der Waals surface area contributed by atoms with E-state index in [4.69, 9.17) is 4.74 Å². The first-order valence-corrected chi connectivity index (χ1v) is 10.3. The van der Waals surface area contributed by atoms with Crippen molar-refractivity contribution in [3.63, 3.8) is 0 Å². The second kappa shape index (κ2) is 4.96. The standard InChI is InChI=1S/C15H25NOSi/c1-12(13-10-11-13)16(18(3,4)5)14-8-6-7-9-15(14)17-2/h6-9,12-13H,10-11H2,1-5H3. The van der Waals surface area contributed by atoms with E-state index in [1.165, 1.54) is 18.5 Å². The molecule has 1 aliphatic carbocycles. The van der Waals surface area contributed by atoms with Crippen molar-refractivity contribution < 1.29 is 4.74 Å². The topological polar surface area (TPSA) is 12.5 Å². The Labute approximate surface area is 112 Å². The molecule has 0 aromatic heterocycles. The van der Waals surface area contributed by atoms with Crippen LogP contribution in [0.2, 0.25) is 19.6 Å². The Bertz CT molecular complexity index is 409. The van der Waals surface area contributed by atoms with Gasteiger partial charge in [-0.25, -0.2) is 0 Å². The molecule has 0 heterocycles. The summed E-state index contributed by atoms with van der Waals surface area (Å²) in [5, 5.41) is 0. The number of rotatable bonds is 5. The van der Waals surface area contributed by atoms with E-state index >= 15 is 0 Å². The third-order valence-electron chi connectivity index (χ3n) is 3.78. The summed E-state index contributed by atoms with van der Waals surface area (Å²) >= 11 is 0. The van der Waals surface area contributed by atoms with Crippen molar-refractivity contribution in [2.75, 3.05) is 11.7 Å². The van der Waals surface area contributed by atoms with E-state index in [2.05, 4.69) is 49.3 Å². The van der Waals surface area contributed by atoms with Gasteiger partial charge in [-0.1, -0.05) is 31.8 Å². The molecule has 0 radical (unpaired) electrons. The SMILES string of the molecule is COc1ccccc1N(C(C)C1CC1)[Si](C)(C)C. The molecule has 0 spiro atoms. The third-order valence-corrected chi connectivity index (χ3v) is 5.87. The van der Waals surface area contributed by atoms with Crippen molar-refractivity contribution in [1.82, 2.24) is 0 Å². The monoisotopic (exact) mass is 263 g/mol. The van der Waals surface area contributed by atoms with Crippen LogP contribution in [0.5, 0.6) is 5.75 Å². The fourth-order valence-electron chi connectivity index (χ4n) is 2.81. The van der Waals surface area contributed by atoms with E-state index in [1.807, 2.05) is 6.07 Å². The fourth-order valence-corrected chi connectivity index (χ4v) is 5.15. The Kier molecular flexibility index (Phi) is 3.71. The molecule has 2 rings (SSSR count). The molecule has 1 fully saturated rings. The predicted octanol–water partition coefficient (Wildman–Crippen LogP) is 4.14. The van der Waals surface area contributed by atoms with E-state index in [0.717, 1.165) is 11.7 Å². The van der Waals surface area contributed by atoms with E-state index in [1.54, 1.807) is 7.11 Å². The number of hydrogen-bond acceptors (Lipinski definition) is 2. The molecular formula is C15H25NOSi. The normalized spacial score (nSPS) is 17.4. The highest BCUT2D eigenvalue weighted by Crippen LogP contribution is 2.41. The minimum absolute atomic E-state index is 0.632. The molecule has 0 bridgehead atoms. The zero-order valence-corrected chi connectivity index (χ0v) is 13.2. The lowest BCUT2D eigenvalue weighted by Gasteiger charge is -2.42. The number of hydrogen-bond donors (Lipinski definition) is 0. The molecule has 0 N–H and O–H groups in total. The van der Waals surface area contributed by atoms with Gasteiger partial charge in [-0.15, -0.1) is 0 Å². The van der Waals surface area contributed by atoms with Gasteiger partial charge in [-0.3, -0.25) is 0 Å². The van der Waals surface area contributed by atoms with Crippen LogP contribution >= 0.6 is 0 Å². The molecule has 0 aliphatic heterocycles. The minimum Gasteiger partial charge on any atom is -0.495 e. The van der Waals surface area contributed by atoms with E-state index in [0.29, 0.717) is 6.04 Å². The Morgan fingerprint density at radius 1 is 1.22 bits per heavy atom. The van der Waals surface area contributed by atoms with Crippen molar-refractivity contribution >= 4 is 13.9 Å². The lowest BCUT2D eigenvalue weighted by molar-refractivity contribution is 0.414. The summed E-state index contributed by atoms with van der Waals surface area (Å²) in [5.41, 5.74) is 1.28. The summed E-state index contributed by atoms with van der Waals surface area (Å²) in [6.07, 6.45) is 2.77. The Hall–Kier alpha value is -0.963. The lowest BCUT2D eigenvalue weighted by atomic mass is 10.2. The first-order chi connectivity index (χ1) is 8.45. The minimum atomic E-state index is -1.41. The van der Waals surface area contributed by atoms with Gasteiger partial charge in [0.2, 0.25) is 0 Å². The van der Waals surface area contributed by atoms with Crippen LogP contribution in [0, 0.1) is 5.92 Å². The molecule has 1 unspecified atom stereocenters. The zero-order chi connectivity index (χ0) is 13.3. The van der Waals surface area contributed by atoms with Gasteiger partial charge >= 0.3 is 0 Å². The van der Waals surface area contributed by atoms with E-state index in [9.17, 15) is 0 Å². The molecule has 1 aromatic rings. The quantitative estimate of drug-likeness (QED) is 0.740. The zero-order valence-electron chi connectivity index (χ0n) is 12.2. The molecule has 3 heteroatoms. The van der Waals surface area contributed by atoms with Crippen LogP contribution in [-0.2, 0) is 0 Å². The van der Waals surface area contributed by atoms with Gasteiger partial charge in [0, 0.05) is 6.04 Å². The maximum absolute atomic E-state index is 5.55. The molecule has 0 saturated heterocycles. The summed E-state index contributed by atoms with van der Waals surface area (Å²) in [7, 11) is 0.359. The summed E-state index contributed by atoms with van der Waals surface area (Å²) in [4.78, 5) is 0. The second-order valence-electron chi connectivity index (χ2n) is 6.29. The summed E-state index contributed by atoms with van der Waals surface area (Å²) in [6.45, 7) is 9.62. The van der Waals surface area contributed by atoms with Crippen molar-refractivity contribution in [2.24, 2.45) is 5.92 Å². The number of methoxy groups -OCH3 is 1. The van der Waals surface area contributed by atoms with Gasteiger partial charge < -0.3 is 9.30 Å². The van der Waals surface area contributed by atoms with Crippen molar-refractivity contribution in [3.05, 3.63) is 24.3 Å². The van der Waals surface area contributed by atoms with E-state index in [-0.39, 0.29) is 0 Å². The van der Waals surface area contributed by atoms with Gasteiger partial charge in [0.15, 0.2) is 0 Å². The number of ether oxygens (including phenoxy) is 1. The van der Waals surface area contributed by atoms with Gasteiger partial charge in [0.05, 0.1) is 12.8 Å². The van der Waals surface area contributed by atoms with Crippen molar-refractivity contribution in [1.29, 1.82) is 0 Å². The summed E-state index contributed by atoms with van der Waals surface area (Å²) in [5.74, 6) is 1.88. The van der Waals surface area contributed by atoms with Gasteiger partial charge in [-0.05, 0) is 37.8 Å². The van der Waals surface area contributed by atoms with Crippen LogP contribution in [0.4, 0.5) is 5.69 Å². The number of anilines is 1. The maximum atomic E-state index is 5.55. The van der Waals surface area contributed by atoms with Crippen LogP contribution in [0.3, 0.4) is 0 Å². The van der Waals surface area contributed by atoms with Crippen molar-refractivity contribution in [3.8, 4) is 5.75 Å². The highest BCUT2D eigenvalue weighted by molar-refractivity contribution is 6.80. The molecule has 1 aliphatic rings. The fraction of sp³-hybridized carbons (Fsp3) is 0.600. The molecule has 100 valence electrons. The van der Waals surface area contributed by atoms with Crippen LogP contribution < -0.4 is 9.30 Å². The first-order valence-electron chi connectivity index (χ1n) is 6.87. The predicted molar refractivity (Wildman–Crippen MR) is 81.0 cm³/mol. The number of benzene rings is 1. The lowest BCUT2D eigenvalue weighted by Crippen LogP contribution is -2.52. The highest BCUT2D eigenvalue weighted by atomic mass is 28.3. The summed E-state index contributed by atoms with van der Waals surface area (Å²) in [6, 6.07) is 9.07. The van der Waals surface area contributed by atoms with Crippen LogP contribution in [0.1, 0.15) is 19.8 Å². The van der Waals surface area contributed by atoms with Crippen molar-refractivity contribution in [2.45, 2.75) is 45.4 Å². The molecular weight excluding hydrogens is 238 g/mol. The molecule has 2 nitrogen and oxygen atoms in total. The van der Waals surface area contributed by atoms with Crippen LogP contribution in [0.15, 0.2) is 24.3 Å². The first kappa shape index (κ1) is 13.5. The Morgan fingerprint density at radius 3 is 2.33 bits per heavy atom. The summed E-state index contributed by atoms with van der Waals surface area (Å²) < 4.78 is 8.21. The third kappa shape index (κ3) is 2.71. The highest BCUT2D eigenvalue weighted by Gasteiger charge is 2.38. The number of nitrogens with zero attached hydrogens (tertiary/aromatic N) is 1. The second-order valence-corrected chi connectivity index (χ2v) is 11.1. The molecule has 18 heavy (non-hydrogen) atoms. The molecule has 1 saturated carbocycles. The van der Waals surface area contributed by atoms with Gasteiger partial charge in [-0.2, -0.15) is 0 Å².